The van der Waals surface area contributed by atoms with Gasteiger partial charge in [0.2, 0.25) is 0 Å². The number of thioether (sulfide) groups is 1. The molecule has 0 bridgehead atoms. The number of aryl methyl sites for hydroxylation is 1. The van der Waals surface area contributed by atoms with Gasteiger partial charge in [0.1, 0.15) is 0 Å². The van der Waals surface area contributed by atoms with Crippen LogP contribution >= 0.6 is 24.2 Å². The maximum atomic E-state index is 10.5. The molecule has 0 saturated heterocycles. The third kappa shape index (κ3) is 8.44. The molecule has 0 spiro atoms. The van der Waals surface area contributed by atoms with Crippen LogP contribution in [0.5, 0.6) is 0 Å². The van der Waals surface area contributed by atoms with E-state index < -0.39 is 0 Å². The van der Waals surface area contributed by atoms with Crippen LogP contribution in [0, 0.1) is 6.92 Å². The summed E-state index contributed by atoms with van der Waals surface area (Å²) < 4.78 is 0. The lowest BCUT2D eigenvalue weighted by molar-refractivity contribution is 0.113. The number of unbranched alkanes of at least 4 members (excludes halogenated alkanes) is 1. The Hall–Kier alpha value is -0.220. The van der Waals surface area contributed by atoms with Gasteiger partial charge in [-0.3, -0.25) is 0 Å². The van der Waals surface area contributed by atoms with E-state index in [9.17, 15) is 5.11 Å². The van der Waals surface area contributed by atoms with Crippen molar-refractivity contribution in [2.45, 2.75) is 64.4 Å². The fourth-order valence-electron chi connectivity index (χ4n) is 2.65. The third-order valence-corrected chi connectivity index (χ3v) is 5.11. The van der Waals surface area contributed by atoms with Crippen LogP contribution in [0.4, 0.5) is 0 Å². The summed E-state index contributed by atoms with van der Waals surface area (Å²) in [6, 6.07) is 6.44. The number of rotatable bonds is 11. The summed E-state index contributed by atoms with van der Waals surface area (Å²) >= 11 is 1.93. The Balaban J connectivity index is 0.00000484. The second kappa shape index (κ2) is 13.1. The zero-order valence-electron chi connectivity index (χ0n) is 15.2. The first-order valence-electron chi connectivity index (χ1n) is 8.76. The first-order chi connectivity index (χ1) is 10.6. The van der Waals surface area contributed by atoms with Gasteiger partial charge in [-0.1, -0.05) is 39.3 Å². The summed E-state index contributed by atoms with van der Waals surface area (Å²) in [7, 11) is 0. The van der Waals surface area contributed by atoms with E-state index in [0.29, 0.717) is 0 Å². The molecule has 134 valence electrons. The molecule has 1 N–H and O–H groups in total. The van der Waals surface area contributed by atoms with Crippen molar-refractivity contribution in [2.24, 2.45) is 0 Å². The maximum Gasteiger partial charge on any atom is 0.0917 e. The molecule has 2 nitrogen and oxygen atoms in total. The summed E-state index contributed by atoms with van der Waals surface area (Å²) in [5.41, 5.74) is 2.34. The number of aliphatic hydroxyl groups is 1. The van der Waals surface area contributed by atoms with Crippen molar-refractivity contribution in [3.63, 3.8) is 0 Å². The molecule has 0 aliphatic heterocycles. The lowest BCUT2D eigenvalue weighted by Gasteiger charge is -2.24. The maximum absolute atomic E-state index is 10.5. The molecule has 0 saturated carbocycles. The van der Waals surface area contributed by atoms with E-state index in [4.69, 9.17) is 0 Å². The van der Waals surface area contributed by atoms with Crippen LogP contribution in [0.15, 0.2) is 23.1 Å². The number of benzene rings is 1. The number of nitrogens with zero attached hydrogens (tertiary/aromatic N) is 1. The van der Waals surface area contributed by atoms with Crippen molar-refractivity contribution < 1.29 is 5.11 Å². The Morgan fingerprint density at radius 1 is 1.09 bits per heavy atom. The van der Waals surface area contributed by atoms with Gasteiger partial charge >= 0.3 is 0 Å². The Labute approximate surface area is 153 Å². The van der Waals surface area contributed by atoms with E-state index in [2.05, 4.69) is 50.8 Å². The second-order valence-corrected chi connectivity index (χ2v) is 7.18. The highest BCUT2D eigenvalue weighted by molar-refractivity contribution is 7.99. The fourth-order valence-corrected chi connectivity index (χ4v) is 3.75. The highest BCUT2D eigenvalue weighted by Gasteiger charge is 2.13. The van der Waals surface area contributed by atoms with Gasteiger partial charge in [0.15, 0.2) is 0 Å². The molecule has 1 aromatic rings. The molecule has 1 aromatic carbocycles. The number of aliphatic hydroxyl groups excluding tert-OH is 1. The van der Waals surface area contributed by atoms with Crippen LogP contribution in [-0.2, 0) is 0 Å². The molecule has 0 fully saturated rings. The summed E-state index contributed by atoms with van der Waals surface area (Å²) in [5.74, 6) is 1.18. The highest BCUT2D eigenvalue weighted by Crippen LogP contribution is 2.26. The molecule has 1 unspecified atom stereocenters. The summed E-state index contributed by atoms with van der Waals surface area (Å²) in [5, 5.41) is 10.5. The SMILES string of the molecule is CCCCSc1ccc(C(O)CN(CCC)CCC)cc1C.Cl. The van der Waals surface area contributed by atoms with E-state index in [1.807, 2.05) is 11.8 Å². The summed E-state index contributed by atoms with van der Waals surface area (Å²) in [6.07, 6.45) is 4.40. The molecule has 4 heteroatoms. The van der Waals surface area contributed by atoms with Gasteiger partial charge in [-0.2, -0.15) is 0 Å². The molecule has 0 aliphatic rings. The van der Waals surface area contributed by atoms with Crippen molar-refractivity contribution in [1.29, 1.82) is 0 Å². The molecule has 1 atom stereocenters. The molecule has 0 aromatic heterocycles. The van der Waals surface area contributed by atoms with Crippen LogP contribution < -0.4 is 0 Å². The van der Waals surface area contributed by atoms with Gasteiger partial charge in [-0.05, 0) is 62.2 Å². The first-order valence-corrected chi connectivity index (χ1v) is 9.74. The largest absolute Gasteiger partial charge is 0.387 e. The smallest absolute Gasteiger partial charge is 0.0917 e. The average molecular weight is 360 g/mol. The minimum absolute atomic E-state index is 0. The fraction of sp³-hybridized carbons (Fsp3) is 0.684. The standard InChI is InChI=1S/C19H33NOS.ClH/c1-5-8-13-22-19-10-9-17(14-16(19)4)18(21)15-20(11-6-2)12-7-3;/h9-10,14,18,21H,5-8,11-13,15H2,1-4H3;1H. The molecule has 1 rings (SSSR count). The van der Waals surface area contributed by atoms with E-state index in [-0.39, 0.29) is 18.5 Å². The summed E-state index contributed by atoms with van der Waals surface area (Å²) in [4.78, 5) is 3.72. The van der Waals surface area contributed by atoms with Crippen LogP contribution in [0.3, 0.4) is 0 Å². The van der Waals surface area contributed by atoms with Crippen LogP contribution in [0.25, 0.3) is 0 Å². The Bertz CT molecular complexity index is 422. The normalized spacial score (nSPS) is 12.3. The van der Waals surface area contributed by atoms with E-state index in [1.165, 1.54) is 29.1 Å². The lowest BCUT2D eigenvalue weighted by atomic mass is 10.1. The molecule has 0 radical (unpaired) electrons. The van der Waals surface area contributed by atoms with Gasteiger partial charge < -0.3 is 10.0 Å². The molecule has 0 amide bonds. The van der Waals surface area contributed by atoms with Crippen LogP contribution in [0.1, 0.15) is 63.7 Å². The van der Waals surface area contributed by atoms with E-state index in [1.54, 1.807) is 0 Å². The van der Waals surface area contributed by atoms with Gasteiger partial charge in [0.25, 0.3) is 0 Å². The van der Waals surface area contributed by atoms with Crippen LogP contribution in [0.2, 0.25) is 0 Å². The molecule has 23 heavy (non-hydrogen) atoms. The second-order valence-electron chi connectivity index (χ2n) is 6.04. The van der Waals surface area contributed by atoms with Crippen molar-refractivity contribution in [3.8, 4) is 0 Å². The minimum atomic E-state index is -0.383. The van der Waals surface area contributed by atoms with Crippen molar-refractivity contribution in [1.82, 2.24) is 4.90 Å². The molecule has 0 heterocycles. The van der Waals surface area contributed by atoms with Crippen molar-refractivity contribution in [3.05, 3.63) is 29.3 Å². The average Bonchev–Trinajstić information content (AvgIpc) is 2.49. The topological polar surface area (TPSA) is 23.5 Å². The van der Waals surface area contributed by atoms with E-state index >= 15 is 0 Å². The molecule has 0 aliphatic carbocycles. The minimum Gasteiger partial charge on any atom is -0.387 e. The molecular weight excluding hydrogens is 326 g/mol. The van der Waals surface area contributed by atoms with Crippen molar-refractivity contribution >= 4 is 24.2 Å². The Morgan fingerprint density at radius 3 is 2.26 bits per heavy atom. The third-order valence-electron chi connectivity index (χ3n) is 3.85. The first kappa shape index (κ1) is 22.8. The predicted octanol–water partition coefficient (Wildman–Crippen LogP) is 5.46. The zero-order valence-corrected chi connectivity index (χ0v) is 16.8. The van der Waals surface area contributed by atoms with Gasteiger partial charge in [0, 0.05) is 11.4 Å². The number of hydrogen-bond donors (Lipinski definition) is 1. The number of halogens is 1. The van der Waals surface area contributed by atoms with Crippen LogP contribution in [-0.4, -0.2) is 35.4 Å². The predicted molar refractivity (Wildman–Crippen MR) is 106 cm³/mol. The zero-order chi connectivity index (χ0) is 16.4. The molecular formula is C19H34ClNOS. The van der Waals surface area contributed by atoms with Gasteiger partial charge in [0.05, 0.1) is 6.10 Å². The van der Waals surface area contributed by atoms with E-state index in [0.717, 1.165) is 38.0 Å². The van der Waals surface area contributed by atoms with Gasteiger partial charge in [-0.25, -0.2) is 0 Å². The highest BCUT2D eigenvalue weighted by atomic mass is 35.5. The number of hydrogen-bond acceptors (Lipinski definition) is 3. The van der Waals surface area contributed by atoms with Gasteiger partial charge in [-0.15, -0.1) is 24.2 Å². The van der Waals surface area contributed by atoms with Crippen molar-refractivity contribution in [2.75, 3.05) is 25.4 Å². The quantitative estimate of drug-likeness (QED) is 0.419. The monoisotopic (exact) mass is 359 g/mol. The lowest BCUT2D eigenvalue weighted by Crippen LogP contribution is -2.30. The Kier molecular flexibility index (Phi) is 13.0. The summed E-state index contributed by atoms with van der Waals surface area (Å²) in [6.45, 7) is 11.6. The Morgan fingerprint density at radius 2 is 1.74 bits per heavy atom.